The zero-order chi connectivity index (χ0) is 7.72. The summed E-state index contributed by atoms with van der Waals surface area (Å²) in [5.41, 5.74) is 0. The van der Waals surface area contributed by atoms with Gasteiger partial charge in [-0.2, -0.15) is 0 Å². The second-order valence-electron chi connectivity index (χ2n) is 1.76. The van der Waals surface area contributed by atoms with Crippen LogP contribution in [0.25, 0.3) is 0 Å². The van der Waals surface area contributed by atoms with E-state index < -0.39 is 0 Å². The molecule has 2 nitrogen and oxygen atoms in total. The van der Waals surface area contributed by atoms with Gasteiger partial charge in [0.1, 0.15) is 0 Å². The predicted molar refractivity (Wildman–Crippen MR) is 44.2 cm³/mol. The number of carbonyl (C=O) groups excluding carboxylic acids is 2. The fourth-order valence-electron chi connectivity index (χ4n) is 0.543. The second kappa shape index (κ2) is 2.64. The summed E-state index contributed by atoms with van der Waals surface area (Å²) < 4.78 is 0. The Bertz CT molecular complexity index is 237. The average molecular weight is 172 g/mol. The van der Waals surface area contributed by atoms with Crippen molar-refractivity contribution in [3.63, 3.8) is 0 Å². The summed E-state index contributed by atoms with van der Waals surface area (Å²) in [6, 6.07) is 0. The molecule has 4 heteroatoms. The number of allylic oxidation sites excluding steroid dienone is 4. The summed E-state index contributed by atoms with van der Waals surface area (Å²) in [6.07, 6.45) is 2.37. The van der Waals surface area contributed by atoms with Crippen molar-refractivity contribution in [1.82, 2.24) is 0 Å². The minimum Gasteiger partial charge on any atom is -0.289 e. The molecule has 0 aromatic carbocycles. The summed E-state index contributed by atoms with van der Waals surface area (Å²) in [4.78, 5) is 21.7. The van der Waals surface area contributed by atoms with Crippen LogP contribution >= 0.6 is 25.3 Å². The maximum Gasteiger partial charge on any atom is 0.193 e. The highest BCUT2D eigenvalue weighted by molar-refractivity contribution is 7.90. The van der Waals surface area contributed by atoms with Crippen molar-refractivity contribution in [2.24, 2.45) is 0 Å². The van der Waals surface area contributed by atoms with Gasteiger partial charge in [0.25, 0.3) is 0 Å². The lowest BCUT2D eigenvalue weighted by Crippen LogP contribution is -2.07. The van der Waals surface area contributed by atoms with Gasteiger partial charge in [0.15, 0.2) is 11.6 Å². The van der Waals surface area contributed by atoms with Crippen molar-refractivity contribution >= 4 is 36.8 Å². The molecule has 10 heavy (non-hydrogen) atoms. The first-order valence-corrected chi connectivity index (χ1v) is 3.41. The number of carbonyl (C=O) groups is 2. The molecular weight excluding hydrogens is 168 g/mol. The molecular formula is C6H4O2S2. The molecule has 0 aromatic heterocycles. The Balaban J connectivity index is 3.12. The van der Waals surface area contributed by atoms with Gasteiger partial charge < -0.3 is 0 Å². The quantitative estimate of drug-likeness (QED) is 0.418. The Kier molecular flexibility index (Phi) is 2.01. The average Bonchev–Trinajstić information content (AvgIpc) is 1.93. The first kappa shape index (κ1) is 7.63. The van der Waals surface area contributed by atoms with Gasteiger partial charge in [-0.1, -0.05) is 0 Å². The van der Waals surface area contributed by atoms with E-state index >= 15 is 0 Å². The van der Waals surface area contributed by atoms with Crippen LogP contribution in [0.3, 0.4) is 0 Å². The molecule has 0 atom stereocenters. The van der Waals surface area contributed by atoms with E-state index in [1.54, 1.807) is 0 Å². The molecule has 52 valence electrons. The highest BCUT2D eigenvalue weighted by atomic mass is 32.1. The van der Waals surface area contributed by atoms with Gasteiger partial charge in [0.05, 0.1) is 9.81 Å². The first-order valence-electron chi connectivity index (χ1n) is 2.52. The fraction of sp³-hybridized carbons (Fsp3) is 0. The van der Waals surface area contributed by atoms with Crippen molar-refractivity contribution < 1.29 is 9.59 Å². The van der Waals surface area contributed by atoms with Gasteiger partial charge in [-0.25, -0.2) is 0 Å². The van der Waals surface area contributed by atoms with Crippen LogP contribution in [0.1, 0.15) is 0 Å². The van der Waals surface area contributed by atoms with E-state index in [-0.39, 0.29) is 21.4 Å². The minimum absolute atomic E-state index is 0.121. The molecule has 0 unspecified atom stereocenters. The van der Waals surface area contributed by atoms with Crippen LogP contribution in [0.4, 0.5) is 0 Å². The Morgan fingerprint density at radius 3 is 1.50 bits per heavy atom. The number of ketones is 2. The van der Waals surface area contributed by atoms with Crippen LogP contribution in [0.2, 0.25) is 0 Å². The first-order chi connectivity index (χ1) is 4.63. The molecule has 1 rings (SSSR count). The van der Waals surface area contributed by atoms with Crippen LogP contribution in [0.15, 0.2) is 22.0 Å². The third-order valence-corrected chi connectivity index (χ3v) is 2.14. The van der Waals surface area contributed by atoms with Gasteiger partial charge in [-0.3, -0.25) is 9.59 Å². The smallest absolute Gasteiger partial charge is 0.193 e. The van der Waals surface area contributed by atoms with Gasteiger partial charge in [-0.05, 0) is 12.2 Å². The van der Waals surface area contributed by atoms with Crippen LogP contribution in [-0.4, -0.2) is 11.6 Å². The van der Waals surface area contributed by atoms with E-state index in [1.807, 2.05) is 0 Å². The molecule has 0 aliphatic heterocycles. The van der Waals surface area contributed by atoms with Crippen molar-refractivity contribution in [3.8, 4) is 0 Å². The van der Waals surface area contributed by atoms with E-state index in [0.29, 0.717) is 0 Å². The van der Waals surface area contributed by atoms with Gasteiger partial charge in [-0.15, -0.1) is 25.3 Å². The van der Waals surface area contributed by atoms with Gasteiger partial charge in [0.2, 0.25) is 0 Å². The second-order valence-corrected chi connectivity index (χ2v) is 2.65. The topological polar surface area (TPSA) is 34.1 Å². The van der Waals surface area contributed by atoms with Crippen LogP contribution in [0, 0.1) is 0 Å². The molecule has 0 spiro atoms. The molecule has 0 aromatic rings. The molecule has 0 heterocycles. The largest absolute Gasteiger partial charge is 0.289 e. The number of hydrogen-bond donors (Lipinski definition) is 2. The van der Waals surface area contributed by atoms with Gasteiger partial charge in [0, 0.05) is 0 Å². The highest BCUT2D eigenvalue weighted by Crippen LogP contribution is 2.19. The molecule has 0 N–H and O–H groups in total. The van der Waals surface area contributed by atoms with E-state index in [4.69, 9.17) is 0 Å². The normalized spacial score (nSPS) is 18.6. The van der Waals surface area contributed by atoms with E-state index in [9.17, 15) is 9.59 Å². The SMILES string of the molecule is O=C1C=CC(=O)C(S)=C1S. The Morgan fingerprint density at radius 2 is 1.20 bits per heavy atom. The van der Waals surface area contributed by atoms with Gasteiger partial charge >= 0.3 is 0 Å². The van der Waals surface area contributed by atoms with E-state index in [1.165, 1.54) is 12.2 Å². The van der Waals surface area contributed by atoms with Crippen molar-refractivity contribution in [2.45, 2.75) is 0 Å². The number of thiol groups is 2. The zero-order valence-corrected chi connectivity index (χ0v) is 6.65. The molecule has 0 amide bonds. The Labute approximate surface area is 68.8 Å². The molecule has 0 radical (unpaired) electrons. The number of rotatable bonds is 0. The molecule has 0 saturated heterocycles. The minimum atomic E-state index is -0.270. The highest BCUT2D eigenvalue weighted by Gasteiger charge is 2.16. The maximum atomic E-state index is 10.7. The van der Waals surface area contributed by atoms with Crippen molar-refractivity contribution in [1.29, 1.82) is 0 Å². The lowest BCUT2D eigenvalue weighted by molar-refractivity contribution is -0.114. The van der Waals surface area contributed by atoms with Crippen LogP contribution in [0.5, 0.6) is 0 Å². The third kappa shape index (κ3) is 1.17. The lowest BCUT2D eigenvalue weighted by atomic mass is 10.2. The summed E-state index contributed by atoms with van der Waals surface area (Å²) in [5.74, 6) is -0.541. The summed E-state index contributed by atoms with van der Waals surface area (Å²) >= 11 is 7.58. The Hall–Kier alpha value is -0.480. The molecule has 1 aliphatic carbocycles. The van der Waals surface area contributed by atoms with Crippen molar-refractivity contribution in [2.75, 3.05) is 0 Å². The third-order valence-electron chi connectivity index (χ3n) is 1.08. The standard InChI is InChI=1S/C6H4O2S2/c7-3-1-2-4(8)6(10)5(3)9/h1-2,9-10H. The summed E-state index contributed by atoms with van der Waals surface area (Å²) in [7, 11) is 0. The maximum absolute atomic E-state index is 10.7. The molecule has 0 fully saturated rings. The van der Waals surface area contributed by atoms with Crippen LogP contribution in [-0.2, 0) is 9.59 Å². The fourth-order valence-corrected chi connectivity index (χ4v) is 0.912. The number of hydrogen-bond acceptors (Lipinski definition) is 4. The monoisotopic (exact) mass is 172 g/mol. The summed E-state index contributed by atoms with van der Waals surface area (Å²) in [6.45, 7) is 0. The lowest BCUT2D eigenvalue weighted by Gasteiger charge is -2.02. The van der Waals surface area contributed by atoms with Crippen LogP contribution < -0.4 is 0 Å². The van der Waals surface area contributed by atoms with Crippen molar-refractivity contribution in [3.05, 3.63) is 22.0 Å². The Morgan fingerprint density at radius 1 is 0.900 bits per heavy atom. The molecule has 0 bridgehead atoms. The van der Waals surface area contributed by atoms with E-state index in [0.717, 1.165) is 0 Å². The van der Waals surface area contributed by atoms with E-state index in [2.05, 4.69) is 25.3 Å². The predicted octanol–water partition coefficient (Wildman–Crippen LogP) is 0.766. The molecule has 1 aliphatic rings. The molecule has 0 saturated carbocycles. The zero-order valence-electron chi connectivity index (χ0n) is 4.87. The summed E-state index contributed by atoms with van der Waals surface area (Å²) in [5, 5.41) is 0.